The van der Waals surface area contributed by atoms with Crippen molar-refractivity contribution in [1.29, 1.82) is 0 Å². The van der Waals surface area contributed by atoms with Crippen molar-refractivity contribution in [1.82, 2.24) is 25.4 Å². The summed E-state index contributed by atoms with van der Waals surface area (Å²) in [5, 5.41) is 12.9. The Morgan fingerprint density at radius 3 is 2.49 bits per heavy atom. The lowest BCUT2D eigenvalue weighted by Gasteiger charge is -2.33. The highest BCUT2D eigenvalue weighted by atomic mass is 19.1. The molecule has 1 aromatic carbocycles. The van der Waals surface area contributed by atoms with Gasteiger partial charge in [-0.05, 0) is 61.0 Å². The third-order valence-electron chi connectivity index (χ3n) is 7.95. The van der Waals surface area contributed by atoms with Crippen molar-refractivity contribution in [3.63, 3.8) is 0 Å². The fraction of sp³-hybridized carbons (Fsp3) is 0.607. The molecule has 0 radical (unpaired) electrons. The monoisotopic (exact) mass is 542 g/mol. The van der Waals surface area contributed by atoms with Crippen LogP contribution in [0.4, 0.5) is 10.1 Å². The zero-order valence-electron chi connectivity index (χ0n) is 23.0. The molecule has 0 bridgehead atoms. The second-order valence-corrected chi connectivity index (χ2v) is 10.8. The van der Waals surface area contributed by atoms with Crippen LogP contribution in [0.2, 0.25) is 0 Å². The molecule has 3 amide bonds. The van der Waals surface area contributed by atoms with Crippen LogP contribution >= 0.6 is 0 Å². The lowest BCUT2D eigenvalue weighted by molar-refractivity contribution is -0.133. The average molecular weight is 543 g/mol. The number of anilines is 1. The Balaban J connectivity index is 1.42. The molecule has 0 spiro atoms. The van der Waals surface area contributed by atoms with Crippen molar-refractivity contribution in [2.24, 2.45) is 5.92 Å². The second-order valence-electron chi connectivity index (χ2n) is 10.8. The minimum Gasteiger partial charge on any atom is -0.340 e. The number of likely N-dealkylation sites (N-methyl/N-ethyl adjacent to an activating group) is 1. The summed E-state index contributed by atoms with van der Waals surface area (Å²) in [6.45, 7) is 6.83. The summed E-state index contributed by atoms with van der Waals surface area (Å²) in [5.41, 5.74) is 1.20. The van der Waals surface area contributed by atoms with Crippen LogP contribution < -0.4 is 10.6 Å². The minimum atomic E-state index is -0.849. The molecule has 1 aromatic heterocycles. The molecule has 1 saturated carbocycles. The van der Waals surface area contributed by atoms with Crippen LogP contribution in [-0.4, -0.2) is 77.1 Å². The maximum absolute atomic E-state index is 15.2. The number of carbonyl (C=O) groups excluding carboxylic acids is 3. The highest BCUT2D eigenvalue weighted by Gasteiger charge is 2.33. The first kappa shape index (κ1) is 28.7. The molecule has 10 nitrogen and oxygen atoms in total. The molecule has 2 aliphatic rings. The third kappa shape index (κ3) is 7.20. The minimum absolute atomic E-state index is 0.0359. The highest BCUT2D eigenvalue weighted by molar-refractivity contribution is 6.01. The third-order valence-corrected chi connectivity index (χ3v) is 7.95. The fourth-order valence-corrected chi connectivity index (χ4v) is 5.40. The van der Waals surface area contributed by atoms with Gasteiger partial charge < -0.3 is 20.4 Å². The lowest BCUT2D eigenvalue weighted by atomic mass is 9.83. The topological polar surface area (TPSA) is 121 Å². The number of carbonyl (C=O) groups is 3. The van der Waals surface area contributed by atoms with Gasteiger partial charge in [-0.15, -0.1) is 0 Å². The van der Waals surface area contributed by atoms with Crippen molar-refractivity contribution in [2.75, 3.05) is 38.5 Å². The highest BCUT2D eigenvalue weighted by Crippen LogP contribution is 2.29. The number of amides is 3. The Kier molecular flexibility index (Phi) is 9.66. The van der Waals surface area contributed by atoms with Gasteiger partial charge in [0, 0.05) is 32.6 Å². The van der Waals surface area contributed by atoms with E-state index in [-0.39, 0.29) is 29.1 Å². The number of aryl methyl sites for hydroxylation is 1. The van der Waals surface area contributed by atoms with E-state index in [1.807, 2.05) is 25.8 Å². The first-order valence-corrected chi connectivity index (χ1v) is 14.0. The van der Waals surface area contributed by atoms with Gasteiger partial charge in [0.15, 0.2) is 5.69 Å². The number of piperazine rings is 1. The van der Waals surface area contributed by atoms with E-state index >= 15 is 4.39 Å². The Hall–Kier alpha value is -3.34. The summed E-state index contributed by atoms with van der Waals surface area (Å²) < 4.78 is 19.9. The van der Waals surface area contributed by atoms with Crippen LogP contribution in [0, 0.1) is 11.7 Å². The average Bonchev–Trinajstić information content (AvgIpc) is 3.42. The van der Waals surface area contributed by atoms with Crippen molar-refractivity contribution in [3.8, 4) is 0 Å². The quantitative estimate of drug-likeness (QED) is 0.499. The molecule has 11 heteroatoms. The first-order valence-electron chi connectivity index (χ1n) is 14.0. The number of benzene rings is 1. The Morgan fingerprint density at radius 2 is 1.82 bits per heavy atom. The predicted molar refractivity (Wildman–Crippen MR) is 144 cm³/mol. The zero-order valence-corrected chi connectivity index (χ0v) is 23.0. The van der Waals surface area contributed by atoms with Gasteiger partial charge in [0.1, 0.15) is 17.6 Å². The molecule has 212 valence electrons. The van der Waals surface area contributed by atoms with Crippen LogP contribution in [0.5, 0.6) is 0 Å². The van der Waals surface area contributed by atoms with Gasteiger partial charge in [-0.3, -0.25) is 14.4 Å². The van der Waals surface area contributed by atoms with E-state index in [1.165, 1.54) is 12.1 Å². The van der Waals surface area contributed by atoms with Gasteiger partial charge in [-0.1, -0.05) is 44.3 Å². The van der Waals surface area contributed by atoms with Crippen molar-refractivity contribution in [2.45, 2.75) is 70.8 Å². The van der Waals surface area contributed by atoms with E-state index in [1.54, 1.807) is 6.07 Å². The number of aromatic nitrogens is 2. The van der Waals surface area contributed by atoms with Crippen LogP contribution in [-0.2, 0) is 16.0 Å². The molecular weight excluding hydrogens is 503 g/mol. The molecule has 2 unspecified atom stereocenters. The SMILES string of the molecule is CCc1nonc1C(=O)NC(C(=O)Nc1ccc(C(C)CC(=O)N2CCN(C)CC2)cc1F)C1CCCCC1. The Bertz CT molecular complexity index is 1160. The fourth-order valence-electron chi connectivity index (χ4n) is 5.40. The van der Waals surface area contributed by atoms with E-state index in [2.05, 4.69) is 25.8 Å². The number of rotatable bonds is 9. The Morgan fingerprint density at radius 1 is 1.10 bits per heavy atom. The van der Waals surface area contributed by atoms with Gasteiger partial charge in [0.05, 0.1) is 5.69 Å². The van der Waals surface area contributed by atoms with Gasteiger partial charge in [-0.25, -0.2) is 9.02 Å². The normalized spacial score (nSPS) is 18.4. The molecule has 1 saturated heterocycles. The Labute approximate surface area is 228 Å². The molecule has 1 aliphatic heterocycles. The molecule has 2 fully saturated rings. The summed E-state index contributed by atoms with van der Waals surface area (Å²) >= 11 is 0. The van der Waals surface area contributed by atoms with E-state index < -0.39 is 23.7 Å². The maximum atomic E-state index is 15.2. The molecule has 4 rings (SSSR count). The summed E-state index contributed by atoms with van der Waals surface area (Å²) in [6.07, 6.45) is 5.34. The molecule has 2 aromatic rings. The number of nitrogens with zero attached hydrogens (tertiary/aromatic N) is 4. The maximum Gasteiger partial charge on any atom is 0.276 e. The summed E-state index contributed by atoms with van der Waals surface area (Å²) in [5.74, 6) is -1.77. The van der Waals surface area contributed by atoms with Gasteiger partial charge in [0.2, 0.25) is 11.8 Å². The van der Waals surface area contributed by atoms with Crippen molar-refractivity contribution < 1.29 is 23.4 Å². The molecule has 2 atom stereocenters. The van der Waals surface area contributed by atoms with Gasteiger partial charge in [-0.2, -0.15) is 0 Å². The van der Waals surface area contributed by atoms with E-state index in [9.17, 15) is 14.4 Å². The van der Waals surface area contributed by atoms with Crippen molar-refractivity contribution in [3.05, 3.63) is 41.0 Å². The molecular formula is C28H39FN6O4. The smallest absolute Gasteiger partial charge is 0.276 e. The largest absolute Gasteiger partial charge is 0.340 e. The van der Waals surface area contributed by atoms with Crippen LogP contribution in [0.1, 0.15) is 80.0 Å². The standard InChI is InChI=1S/C28H39FN6O4/c1-4-22-26(33-39-32-22)28(38)31-25(19-8-6-5-7-9-19)27(37)30-23-11-10-20(17-21(23)29)18(2)16-24(36)35-14-12-34(3)13-15-35/h10-11,17-19,25H,4-9,12-16H2,1-3H3,(H,30,37)(H,31,38). The number of halogens is 1. The number of nitrogens with one attached hydrogen (secondary N) is 2. The number of hydrogen-bond donors (Lipinski definition) is 2. The summed E-state index contributed by atoms with van der Waals surface area (Å²) in [4.78, 5) is 43.1. The van der Waals surface area contributed by atoms with Crippen LogP contribution in [0.25, 0.3) is 0 Å². The summed E-state index contributed by atoms with van der Waals surface area (Å²) in [7, 11) is 2.04. The van der Waals surface area contributed by atoms with Crippen LogP contribution in [0.3, 0.4) is 0 Å². The van der Waals surface area contributed by atoms with Crippen LogP contribution in [0.15, 0.2) is 22.8 Å². The molecule has 1 aliphatic carbocycles. The second kappa shape index (κ2) is 13.1. The van der Waals surface area contributed by atoms with E-state index in [4.69, 9.17) is 4.63 Å². The molecule has 2 heterocycles. The zero-order chi connectivity index (χ0) is 27.9. The van der Waals surface area contributed by atoms with Gasteiger partial charge in [0.25, 0.3) is 5.91 Å². The summed E-state index contributed by atoms with van der Waals surface area (Å²) in [6, 6.07) is 3.79. The molecule has 39 heavy (non-hydrogen) atoms. The van der Waals surface area contributed by atoms with Gasteiger partial charge >= 0.3 is 0 Å². The van der Waals surface area contributed by atoms with E-state index in [0.29, 0.717) is 37.2 Å². The predicted octanol–water partition coefficient (Wildman–Crippen LogP) is 3.36. The first-order chi connectivity index (χ1) is 18.8. The lowest BCUT2D eigenvalue weighted by Crippen LogP contribution is -2.49. The molecule has 2 N–H and O–H groups in total. The van der Waals surface area contributed by atoms with Crippen molar-refractivity contribution >= 4 is 23.4 Å². The van der Waals surface area contributed by atoms with E-state index in [0.717, 1.165) is 45.2 Å². The number of hydrogen-bond acceptors (Lipinski definition) is 7.